The summed E-state index contributed by atoms with van der Waals surface area (Å²) in [5.74, 6) is 1.03. The minimum Gasteiger partial charge on any atom is -0.459 e. The van der Waals surface area contributed by atoms with Gasteiger partial charge in [0.05, 0.1) is 6.04 Å². The quantitative estimate of drug-likeness (QED) is 0.881. The van der Waals surface area contributed by atoms with Gasteiger partial charge in [0.1, 0.15) is 11.3 Å². The lowest BCUT2D eigenvalue weighted by Crippen LogP contribution is -2.45. The van der Waals surface area contributed by atoms with Crippen LogP contribution in [0.1, 0.15) is 44.6 Å². The molecule has 140 valence electrons. The Kier molecular flexibility index (Phi) is 5.20. The lowest BCUT2D eigenvalue weighted by Gasteiger charge is -2.23. The molecule has 1 aromatic carbocycles. The van der Waals surface area contributed by atoms with Crippen LogP contribution >= 0.6 is 0 Å². The molecule has 2 N–H and O–H groups in total. The number of urea groups is 1. The van der Waals surface area contributed by atoms with Crippen molar-refractivity contribution in [3.05, 3.63) is 35.6 Å². The van der Waals surface area contributed by atoms with Gasteiger partial charge in [0.2, 0.25) is 5.91 Å². The maximum Gasteiger partial charge on any atom is 0.315 e. The van der Waals surface area contributed by atoms with Gasteiger partial charge in [-0.25, -0.2) is 4.79 Å². The highest BCUT2D eigenvalue weighted by atomic mass is 16.3. The molecule has 1 aromatic heterocycles. The van der Waals surface area contributed by atoms with Gasteiger partial charge in [-0.05, 0) is 25.3 Å². The number of hydrogen-bond acceptors (Lipinski definition) is 3. The number of amides is 3. The van der Waals surface area contributed by atoms with Crippen molar-refractivity contribution in [3.63, 3.8) is 0 Å². The number of fused-ring (bicyclic) bond motifs is 1. The summed E-state index contributed by atoms with van der Waals surface area (Å²) < 4.78 is 6.05. The molecule has 0 radical (unpaired) electrons. The second kappa shape index (κ2) is 7.40. The third-order valence-corrected chi connectivity index (χ3v) is 5.09. The first-order chi connectivity index (χ1) is 12.4. The normalized spacial score (nSPS) is 18.3. The van der Waals surface area contributed by atoms with Gasteiger partial charge >= 0.3 is 6.03 Å². The zero-order valence-corrected chi connectivity index (χ0v) is 15.8. The molecule has 6 nitrogen and oxygen atoms in total. The number of rotatable bonds is 4. The number of carbonyl (C=O) groups excluding carboxylic acids is 2. The Balaban J connectivity index is 1.71. The summed E-state index contributed by atoms with van der Waals surface area (Å²) in [5, 5.41) is 7.12. The Morgan fingerprint density at radius 2 is 2.00 bits per heavy atom. The van der Waals surface area contributed by atoms with E-state index in [1.54, 1.807) is 11.8 Å². The molecule has 1 aliphatic heterocycles. The minimum atomic E-state index is -0.223. The lowest BCUT2D eigenvalue weighted by molar-refractivity contribution is -0.127. The van der Waals surface area contributed by atoms with Gasteiger partial charge in [0.15, 0.2) is 0 Å². The smallest absolute Gasteiger partial charge is 0.315 e. The van der Waals surface area contributed by atoms with Crippen LogP contribution < -0.4 is 10.6 Å². The Morgan fingerprint density at radius 1 is 1.27 bits per heavy atom. The highest BCUT2D eigenvalue weighted by Gasteiger charge is 2.28. The van der Waals surface area contributed by atoms with Crippen LogP contribution in [0.25, 0.3) is 11.0 Å². The summed E-state index contributed by atoms with van der Waals surface area (Å²) >= 11 is 0. The number of benzene rings is 1. The standard InChI is InChI=1S/C20H27N3O3/c1-12(2)18(19-13(3)16-7-5-6-8-17(16)26-19)22-20(25)21-15-9-10-23(11-15)14(4)24/h5-8,12,15,18H,9-11H2,1-4H3,(H2,21,22,25)/t15?,18-/m1/s1. The van der Waals surface area contributed by atoms with Crippen LogP contribution in [0.2, 0.25) is 0 Å². The molecule has 0 saturated carbocycles. The van der Waals surface area contributed by atoms with Gasteiger partial charge in [-0.15, -0.1) is 0 Å². The maximum absolute atomic E-state index is 12.5. The lowest BCUT2D eigenvalue weighted by atomic mass is 9.98. The van der Waals surface area contributed by atoms with Gasteiger partial charge in [-0.3, -0.25) is 4.79 Å². The Labute approximate surface area is 153 Å². The fraction of sp³-hybridized carbons (Fsp3) is 0.500. The van der Waals surface area contributed by atoms with Crippen molar-refractivity contribution >= 4 is 22.9 Å². The summed E-state index contributed by atoms with van der Waals surface area (Å²) in [6.45, 7) is 8.96. The molecule has 1 fully saturated rings. The van der Waals surface area contributed by atoms with Crippen molar-refractivity contribution in [1.29, 1.82) is 0 Å². The van der Waals surface area contributed by atoms with Crippen LogP contribution in [0, 0.1) is 12.8 Å². The van der Waals surface area contributed by atoms with Crippen LogP contribution in [-0.4, -0.2) is 36.0 Å². The van der Waals surface area contributed by atoms with Crippen molar-refractivity contribution in [2.75, 3.05) is 13.1 Å². The van der Waals surface area contributed by atoms with E-state index < -0.39 is 0 Å². The second-order valence-corrected chi connectivity index (χ2v) is 7.38. The molecule has 2 atom stereocenters. The van der Waals surface area contributed by atoms with Crippen LogP contribution in [-0.2, 0) is 4.79 Å². The summed E-state index contributed by atoms with van der Waals surface area (Å²) in [6.07, 6.45) is 0.781. The van der Waals surface area contributed by atoms with Crippen LogP contribution in [0.4, 0.5) is 4.79 Å². The average molecular weight is 357 g/mol. The number of aryl methyl sites for hydroxylation is 1. The van der Waals surface area contributed by atoms with Crippen molar-refractivity contribution in [1.82, 2.24) is 15.5 Å². The molecule has 0 spiro atoms. The van der Waals surface area contributed by atoms with Crippen LogP contribution in [0.3, 0.4) is 0 Å². The number of furan rings is 1. The molecule has 3 rings (SSSR count). The van der Waals surface area contributed by atoms with E-state index in [0.29, 0.717) is 13.1 Å². The molecule has 1 unspecified atom stereocenters. The summed E-state index contributed by atoms with van der Waals surface area (Å²) in [5.41, 5.74) is 1.89. The molecule has 1 aliphatic rings. The zero-order valence-electron chi connectivity index (χ0n) is 15.8. The summed E-state index contributed by atoms with van der Waals surface area (Å²) in [7, 11) is 0. The van der Waals surface area contributed by atoms with E-state index in [9.17, 15) is 9.59 Å². The molecular weight excluding hydrogens is 330 g/mol. The number of nitrogens with zero attached hydrogens (tertiary/aromatic N) is 1. The Hall–Kier alpha value is -2.50. The second-order valence-electron chi connectivity index (χ2n) is 7.38. The predicted octanol–water partition coefficient (Wildman–Crippen LogP) is 3.36. The van der Waals surface area contributed by atoms with Gasteiger partial charge < -0.3 is 20.0 Å². The number of likely N-dealkylation sites (tertiary alicyclic amines) is 1. The number of para-hydroxylation sites is 1. The van der Waals surface area contributed by atoms with Crippen LogP contribution in [0.15, 0.2) is 28.7 Å². The van der Waals surface area contributed by atoms with E-state index >= 15 is 0 Å². The van der Waals surface area contributed by atoms with E-state index in [1.807, 2.05) is 31.2 Å². The molecule has 2 heterocycles. The Bertz CT molecular complexity index is 812. The van der Waals surface area contributed by atoms with E-state index in [4.69, 9.17) is 4.42 Å². The van der Waals surface area contributed by atoms with Crippen molar-refractivity contribution in [2.45, 2.75) is 46.2 Å². The number of nitrogens with one attached hydrogen (secondary N) is 2. The summed E-state index contributed by atoms with van der Waals surface area (Å²) in [6, 6.07) is 7.46. The molecule has 0 bridgehead atoms. The van der Waals surface area contributed by atoms with E-state index in [1.165, 1.54) is 0 Å². The fourth-order valence-corrected chi connectivity index (χ4v) is 3.56. The number of hydrogen-bond donors (Lipinski definition) is 2. The molecule has 1 saturated heterocycles. The van der Waals surface area contributed by atoms with Gasteiger partial charge in [0, 0.05) is 37.0 Å². The molecule has 6 heteroatoms. The van der Waals surface area contributed by atoms with Gasteiger partial charge in [0.25, 0.3) is 0 Å². The third kappa shape index (κ3) is 3.69. The van der Waals surface area contributed by atoms with Crippen molar-refractivity contribution in [2.24, 2.45) is 5.92 Å². The Morgan fingerprint density at radius 3 is 2.62 bits per heavy atom. The maximum atomic E-state index is 12.5. The zero-order chi connectivity index (χ0) is 18.8. The van der Waals surface area contributed by atoms with Crippen LogP contribution in [0.5, 0.6) is 0 Å². The predicted molar refractivity (Wildman–Crippen MR) is 101 cm³/mol. The fourth-order valence-electron chi connectivity index (χ4n) is 3.56. The van der Waals surface area contributed by atoms with E-state index in [2.05, 4.69) is 24.5 Å². The first-order valence-electron chi connectivity index (χ1n) is 9.17. The topological polar surface area (TPSA) is 74.6 Å². The SMILES string of the molecule is CC(=O)N1CCC(NC(=O)N[C@@H](c2oc3ccccc3c2C)C(C)C)C1. The molecular formula is C20H27N3O3. The first-order valence-corrected chi connectivity index (χ1v) is 9.17. The van der Waals surface area contributed by atoms with Gasteiger partial charge in [-0.1, -0.05) is 32.0 Å². The molecule has 26 heavy (non-hydrogen) atoms. The summed E-state index contributed by atoms with van der Waals surface area (Å²) in [4.78, 5) is 25.7. The highest BCUT2D eigenvalue weighted by Crippen LogP contribution is 2.32. The largest absolute Gasteiger partial charge is 0.459 e. The van der Waals surface area contributed by atoms with Gasteiger partial charge in [-0.2, -0.15) is 0 Å². The first kappa shape index (κ1) is 18.3. The molecule has 2 aromatic rings. The van der Waals surface area contributed by atoms with E-state index in [0.717, 1.165) is 28.7 Å². The van der Waals surface area contributed by atoms with Crippen molar-refractivity contribution in [3.8, 4) is 0 Å². The average Bonchev–Trinajstić information content (AvgIpc) is 3.18. The highest BCUT2D eigenvalue weighted by molar-refractivity contribution is 5.82. The minimum absolute atomic E-state index is 0.0107. The van der Waals surface area contributed by atoms with E-state index in [-0.39, 0.29) is 29.9 Å². The monoisotopic (exact) mass is 357 g/mol. The molecule has 0 aliphatic carbocycles. The van der Waals surface area contributed by atoms with Crippen molar-refractivity contribution < 1.29 is 14.0 Å². The molecule has 3 amide bonds. The third-order valence-electron chi connectivity index (χ3n) is 5.09. The number of carbonyl (C=O) groups is 2.